The van der Waals surface area contributed by atoms with Gasteiger partial charge in [-0.25, -0.2) is 19.6 Å². The quantitative estimate of drug-likeness (QED) is 0.243. The third-order valence-electron chi connectivity index (χ3n) is 5.71. The van der Waals surface area contributed by atoms with Gasteiger partial charge in [0.05, 0.1) is 18.4 Å². The first-order valence-corrected chi connectivity index (χ1v) is 13.8. The number of esters is 1. The van der Waals surface area contributed by atoms with Crippen LogP contribution in [0.4, 0.5) is 22.2 Å². The molecular formula is C29H38N8O7. The fraction of sp³-hybridized carbons (Fsp3) is 0.448. The number of nitrogens with two attached hydrogens (primary N) is 1. The van der Waals surface area contributed by atoms with E-state index in [9.17, 15) is 19.2 Å². The Morgan fingerprint density at radius 1 is 0.977 bits per heavy atom. The van der Waals surface area contributed by atoms with Gasteiger partial charge >= 0.3 is 18.0 Å². The number of nitrogen functional groups attached to an aromatic ring is 1. The number of amides is 2. The van der Waals surface area contributed by atoms with Gasteiger partial charge in [0.15, 0.2) is 17.0 Å². The lowest BCUT2D eigenvalue weighted by atomic mass is 10.1. The number of carbonyl (C=O) groups excluding carboxylic acids is 3. The van der Waals surface area contributed by atoms with Crippen LogP contribution in [0.15, 0.2) is 30.5 Å². The van der Waals surface area contributed by atoms with E-state index in [0.717, 1.165) is 5.69 Å². The number of nitrogens with one attached hydrogen (secondary N) is 2. The molecule has 0 saturated carbocycles. The average Bonchev–Trinajstić information content (AvgIpc) is 2.89. The molecule has 2 amide bonds. The minimum absolute atomic E-state index is 0.0576. The van der Waals surface area contributed by atoms with Gasteiger partial charge in [-0.2, -0.15) is 9.97 Å². The molecular weight excluding hydrogens is 572 g/mol. The van der Waals surface area contributed by atoms with Gasteiger partial charge in [0.25, 0.3) is 5.91 Å². The average molecular weight is 611 g/mol. The summed E-state index contributed by atoms with van der Waals surface area (Å²) in [6.45, 7) is 10.5. The Morgan fingerprint density at radius 2 is 1.61 bits per heavy atom. The molecule has 1 atom stereocenters. The van der Waals surface area contributed by atoms with Crippen LogP contribution in [0.5, 0.6) is 0 Å². The molecule has 236 valence electrons. The van der Waals surface area contributed by atoms with Gasteiger partial charge in [0.1, 0.15) is 17.2 Å². The summed E-state index contributed by atoms with van der Waals surface area (Å²) in [6, 6.07) is 5.46. The molecule has 5 N–H and O–H groups in total. The maximum atomic E-state index is 12.9. The number of rotatable bonds is 10. The second-order valence-electron chi connectivity index (χ2n) is 12.0. The molecule has 2 aromatic heterocycles. The normalized spacial score (nSPS) is 12.2. The SMILES string of the molecule is CN(Cc1cnc2nc(N)nc(NC(=O)OC(C)(C)C)c2n1)c1ccc(C(=O)N[C@@H](CCC(=O)O)C(=O)OC(C)(C)C)cc1. The van der Waals surface area contributed by atoms with E-state index >= 15 is 0 Å². The van der Waals surface area contributed by atoms with Crippen molar-refractivity contribution in [2.45, 2.75) is 78.2 Å². The number of carboxylic acids is 1. The number of anilines is 3. The van der Waals surface area contributed by atoms with Crippen molar-refractivity contribution in [2.75, 3.05) is 23.0 Å². The largest absolute Gasteiger partial charge is 0.481 e. The van der Waals surface area contributed by atoms with Gasteiger partial charge in [-0.3, -0.25) is 14.9 Å². The zero-order valence-electron chi connectivity index (χ0n) is 25.8. The minimum Gasteiger partial charge on any atom is -0.481 e. The predicted octanol–water partition coefficient (Wildman–Crippen LogP) is 3.29. The Balaban J connectivity index is 1.73. The molecule has 3 rings (SSSR count). The molecule has 0 spiro atoms. The van der Waals surface area contributed by atoms with Crippen molar-refractivity contribution in [1.29, 1.82) is 0 Å². The first-order chi connectivity index (χ1) is 20.4. The number of carbonyl (C=O) groups is 4. The molecule has 0 fully saturated rings. The summed E-state index contributed by atoms with van der Waals surface area (Å²) in [7, 11) is 1.81. The predicted molar refractivity (Wildman–Crippen MR) is 162 cm³/mol. The van der Waals surface area contributed by atoms with E-state index in [4.69, 9.17) is 20.3 Å². The second kappa shape index (κ2) is 13.5. The number of hydrogen-bond donors (Lipinski definition) is 4. The lowest BCUT2D eigenvalue weighted by Crippen LogP contribution is -2.44. The lowest BCUT2D eigenvalue weighted by molar-refractivity contribution is -0.157. The van der Waals surface area contributed by atoms with Crippen LogP contribution in [-0.2, 0) is 25.6 Å². The fourth-order valence-electron chi connectivity index (χ4n) is 3.86. The summed E-state index contributed by atoms with van der Waals surface area (Å²) in [5.74, 6) is -2.39. The summed E-state index contributed by atoms with van der Waals surface area (Å²) in [6.07, 6.45) is 0.364. The first kappa shape index (κ1) is 33.4. The van der Waals surface area contributed by atoms with Crippen LogP contribution in [0.1, 0.15) is 70.4 Å². The highest BCUT2D eigenvalue weighted by atomic mass is 16.6. The number of aliphatic carboxylic acids is 1. The van der Waals surface area contributed by atoms with Gasteiger partial charge in [0.2, 0.25) is 5.95 Å². The van der Waals surface area contributed by atoms with E-state index in [2.05, 4.69) is 30.6 Å². The fourth-order valence-corrected chi connectivity index (χ4v) is 3.86. The maximum absolute atomic E-state index is 12.9. The van der Waals surface area contributed by atoms with Crippen LogP contribution in [-0.4, -0.2) is 73.3 Å². The Kier molecular flexibility index (Phi) is 10.2. The topological polar surface area (TPSA) is 212 Å². The summed E-state index contributed by atoms with van der Waals surface area (Å²) in [5, 5.41) is 14.2. The number of ether oxygens (including phenoxy) is 2. The zero-order chi connectivity index (χ0) is 32.8. The second-order valence-corrected chi connectivity index (χ2v) is 12.0. The molecule has 15 nitrogen and oxygen atoms in total. The number of nitrogens with zero attached hydrogens (tertiary/aromatic N) is 5. The van der Waals surface area contributed by atoms with Crippen molar-refractivity contribution in [3.05, 3.63) is 41.7 Å². The summed E-state index contributed by atoms with van der Waals surface area (Å²) < 4.78 is 10.6. The third-order valence-corrected chi connectivity index (χ3v) is 5.71. The molecule has 3 aromatic rings. The number of benzene rings is 1. The van der Waals surface area contributed by atoms with E-state index in [1.807, 2.05) is 11.9 Å². The number of aromatic nitrogens is 4. The van der Waals surface area contributed by atoms with Crippen LogP contribution < -0.4 is 21.3 Å². The molecule has 44 heavy (non-hydrogen) atoms. The molecule has 0 aliphatic heterocycles. The molecule has 1 aromatic carbocycles. The minimum atomic E-state index is -1.12. The summed E-state index contributed by atoms with van der Waals surface area (Å²) >= 11 is 0. The van der Waals surface area contributed by atoms with E-state index in [0.29, 0.717) is 12.2 Å². The third kappa shape index (κ3) is 10.0. The first-order valence-electron chi connectivity index (χ1n) is 13.8. The Morgan fingerprint density at radius 3 is 2.20 bits per heavy atom. The van der Waals surface area contributed by atoms with Crippen molar-refractivity contribution in [2.24, 2.45) is 0 Å². The molecule has 0 aliphatic carbocycles. The Hall–Kier alpha value is -5.08. The van der Waals surface area contributed by atoms with Crippen LogP contribution in [0.3, 0.4) is 0 Å². The molecule has 0 radical (unpaired) electrons. The zero-order valence-corrected chi connectivity index (χ0v) is 25.8. The van der Waals surface area contributed by atoms with Crippen LogP contribution >= 0.6 is 0 Å². The molecule has 0 saturated heterocycles. The van der Waals surface area contributed by atoms with Crippen LogP contribution in [0.2, 0.25) is 0 Å². The monoisotopic (exact) mass is 610 g/mol. The maximum Gasteiger partial charge on any atom is 0.413 e. The van der Waals surface area contributed by atoms with Crippen molar-refractivity contribution in [1.82, 2.24) is 25.3 Å². The smallest absolute Gasteiger partial charge is 0.413 e. The van der Waals surface area contributed by atoms with Crippen LogP contribution in [0, 0.1) is 0 Å². The van der Waals surface area contributed by atoms with Gasteiger partial charge in [-0.1, -0.05) is 0 Å². The number of carboxylic acid groups (broad SMARTS) is 1. The summed E-state index contributed by atoms with van der Waals surface area (Å²) in [4.78, 5) is 67.8. The van der Waals surface area contributed by atoms with E-state index in [1.54, 1.807) is 65.8 Å². The van der Waals surface area contributed by atoms with E-state index < -0.39 is 41.2 Å². The van der Waals surface area contributed by atoms with Gasteiger partial charge in [-0.15, -0.1) is 0 Å². The Labute approximate surface area is 254 Å². The van der Waals surface area contributed by atoms with Gasteiger partial charge < -0.3 is 30.5 Å². The van der Waals surface area contributed by atoms with Crippen molar-refractivity contribution < 1.29 is 33.8 Å². The highest BCUT2D eigenvalue weighted by Crippen LogP contribution is 2.21. The molecule has 0 bridgehead atoms. The highest BCUT2D eigenvalue weighted by molar-refractivity contribution is 5.97. The lowest BCUT2D eigenvalue weighted by Gasteiger charge is -2.24. The van der Waals surface area contributed by atoms with Crippen molar-refractivity contribution in [3.63, 3.8) is 0 Å². The number of hydrogen-bond acceptors (Lipinski definition) is 12. The van der Waals surface area contributed by atoms with E-state index in [1.165, 1.54) is 6.20 Å². The van der Waals surface area contributed by atoms with Crippen molar-refractivity contribution >= 4 is 52.6 Å². The molecule has 0 aliphatic rings. The highest BCUT2D eigenvalue weighted by Gasteiger charge is 2.28. The summed E-state index contributed by atoms with van der Waals surface area (Å²) in [5.41, 5.74) is 6.20. The molecule has 15 heteroatoms. The van der Waals surface area contributed by atoms with E-state index in [-0.39, 0.29) is 41.3 Å². The number of fused-ring (bicyclic) bond motifs is 1. The van der Waals surface area contributed by atoms with Crippen molar-refractivity contribution in [3.8, 4) is 0 Å². The van der Waals surface area contributed by atoms with Crippen LogP contribution in [0.25, 0.3) is 11.2 Å². The Bertz CT molecular complexity index is 1530. The molecule has 0 unspecified atom stereocenters. The standard InChI is InChI=1S/C29H38N8O7/c1-28(2,3)43-25(41)19(12-13-20(38)39)33-24(40)16-8-10-18(11-9-16)37(7)15-17-14-31-22-21(32-17)23(35-26(30)34-22)36-27(42)44-29(4,5)6/h8-11,14,19H,12-13,15H2,1-7H3,(H,33,40)(H,38,39)(H3,30,31,34,35,36,42)/t19-/m0/s1. The molecule has 2 heterocycles. The van der Waals surface area contributed by atoms with Gasteiger partial charge in [0, 0.05) is 24.7 Å². The van der Waals surface area contributed by atoms with Gasteiger partial charge in [-0.05, 0) is 72.2 Å².